The Morgan fingerprint density at radius 1 is 1.28 bits per heavy atom. The summed E-state index contributed by atoms with van der Waals surface area (Å²) in [6, 6.07) is 8.22. The van der Waals surface area contributed by atoms with Crippen LogP contribution in [-0.4, -0.2) is 22.9 Å². The van der Waals surface area contributed by atoms with Gasteiger partial charge < -0.3 is 5.32 Å². The predicted molar refractivity (Wildman–Crippen MR) is 76.1 cm³/mol. The van der Waals surface area contributed by atoms with Gasteiger partial charge in [0.2, 0.25) is 0 Å². The molecule has 94 valence electrons. The number of rotatable bonds is 2. The van der Waals surface area contributed by atoms with Crippen LogP contribution in [-0.2, 0) is 0 Å². The molecule has 4 heteroatoms. The molecule has 1 aromatic carbocycles. The zero-order valence-electron chi connectivity index (χ0n) is 10.1. The highest BCUT2D eigenvalue weighted by atomic mass is 79.9. The summed E-state index contributed by atoms with van der Waals surface area (Å²) in [6.07, 6.45) is 6.60. The zero-order valence-corrected chi connectivity index (χ0v) is 11.7. The van der Waals surface area contributed by atoms with Crippen molar-refractivity contribution < 1.29 is 0 Å². The summed E-state index contributed by atoms with van der Waals surface area (Å²) < 4.78 is 3.04. The molecule has 0 spiro atoms. The van der Waals surface area contributed by atoms with Crippen LogP contribution >= 0.6 is 15.9 Å². The lowest BCUT2D eigenvalue weighted by atomic mass is 9.93. The van der Waals surface area contributed by atoms with Crippen LogP contribution in [0.5, 0.6) is 0 Å². The first-order chi connectivity index (χ1) is 8.83. The summed E-state index contributed by atoms with van der Waals surface area (Å²) in [4.78, 5) is 0. The monoisotopic (exact) mass is 305 g/mol. The van der Waals surface area contributed by atoms with Gasteiger partial charge in [-0.2, -0.15) is 5.10 Å². The third-order valence-corrected chi connectivity index (χ3v) is 3.98. The second-order valence-corrected chi connectivity index (χ2v) is 5.64. The van der Waals surface area contributed by atoms with E-state index in [-0.39, 0.29) is 0 Å². The zero-order chi connectivity index (χ0) is 12.4. The van der Waals surface area contributed by atoms with Gasteiger partial charge in [0.15, 0.2) is 0 Å². The van der Waals surface area contributed by atoms with E-state index in [1.807, 2.05) is 23.0 Å². The van der Waals surface area contributed by atoms with E-state index in [1.165, 1.54) is 18.4 Å². The van der Waals surface area contributed by atoms with E-state index in [2.05, 4.69) is 44.7 Å². The van der Waals surface area contributed by atoms with E-state index in [4.69, 9.17) is 0 Å². The largest absolute Gasteiger partial charge is 0.317 e. The maximum absolute atomic E-state index is 4.48. The van der Waals surface area contributed by atoms with Gasteiger partial charge in [-0.05, 0) is 55.6 Å². The van der Waals surface area contributed by atoms with Crippen LogP contribution in [0.4, 0.5) is 0 Å². The van der Waals surface area contributed by atoms with Crippen molar-refractivity contribution in [2.45, 2.75) is 18.8 Å². The standard InChI is InChI=1S/C14H16BrN3/c15-13-2-1-3-14(8-13)18-10-12(9-17-18)11-4-6-16-7-5-11/h1-3,8-11,16H,4-7H2. The van der Waals surface area contributed by atoms with Gasteiger partial charge in [-0.1, -0.05) is 22.0 Å². The second kappa shape index (κ2) is 5.24. The highest BCUT2D eigenvalue weighted by Gasteiger charge is 2.16. The van der Waals surface area contributed by atoms with Crippen molar-refractivity contribution in [2.75, 3.05) is 13.1 Å². The van der Waals surface area contributed by atoms with Crippen molar-refractivity contribution in [1.29, 1.82) is 0 Å². The lowest BCUT2D eigenvalue weighted by Gasteiger charge is -2.21. The van der Waals surface area contributed by atoms with Gasteiger partial charge in [-0.15, -0.1) is 0 Å². The molecule has 0 radical (unpaired) electrons. The molecule has 1 fully saturated rings. The molecule has 1 aromatic heterocycles. The number of nitrogens with zero attached hydrogens (tertiary/aromatic N) is 2. The molecule has 0 amide bonds. The van der Waals surface area contributed by atoms with Gasteiger partial charge >= 0.3 is 0 Å². The molecular formula is C14H16BrN3. The number of benzene rings is 1. The third kappa shape index (κ3) is 2.49. The molecule has 1 aliphatic rings. The minimum absolute atomic E-state index is 0.659. The average Bonchev–Trinajstić information content (AvgIpc) is 2.89. The van der Waals surface area contributed by atoms with E-state index in [0.717, 1.165) is 23.2 Å². The molecule has 2 aromatic rings. The van der Waals surface area contributed by atoms with Gasteiger partial charge in [-0.3, -0.25) is 0 Å². The summed E-state index contributed by atoms with van der Waals surface area (Å²) in [7, 11) is 0. The van der Waals surface area contributed by atoms with Crippen molar-refractivity contribution in [3.8, 4) is 5.69 Å². The Morgan fingerprint density at radius 2 is 2.11 bits per heavy atom. The van der Waals surface area contributed by atoms with Crippen LogP contribution in [0, 0.1) is 0 Å². The molecule has 1 saturated heterocycles. The van der Waals surface area contributed by atoms with Crippen LogP contribution in [0.25, 0.3) is 5.69 Å². The summed E-state index contributed by atoms with van der Waals surface area (Å²) in [5, 5.41) is 7.88. The summed E-state index contributed by atoms with van der Waals surface area (Å²) in [6.45, 7) is 2.24. The Morgan fingerprint density at radius 3 is 2.89 bits per heavy atom. The van der Waals surface area contributed by atoms with Crippen molar-refractivity contribution in [1.82, 2.24) is 15.1 Å². The second-order valence-electron chi connectivity index (χ2n) is 4.72. The third-order valence-electron chi connectivity index (χ3n) is 3.49. The highest BCUT2D eigenvalue weighted by molar-refractivity contribution is 9.10. The maximum Gasteiger partial charge on any atom is 0.0656 e. The molecule has 0 saturated carbocycles. The predicted octanol–water partition coefficient (Wildman–Crippen LogP) is 3.10. The van der Waals surface area contributed by atoms with Gasteiger partial charge in [-0.25, -0.2) is 4.68 Å². The first-order valence-corrected chi connectivity index (χ1v) is 7.13. The molecule has 2 heterocycles. The Kier molecular flexibility index (Phi) is 3.48. The van der Waals surface area contributed by atoms with Crippen LogP contribution in [0.3, 0.4) is 0 Å². The number of piperidine rings is 1. The molecule has 1 aliphatic heterocycles. The quantitative estimate of drug-likeness (QED) is 0.924. The van der Waals surface area contributed by atoms with Gasteiger partial charge in [0.25, 0.3) is 0 Å². The van der Waals surface area contributed by atoms with E-state index >= 15 is 0 Å². The number of nitrogens with one attached hydrogen (secondary N) is 1. The smallest absolute Gasteiger partial charge is 0.0656 e. The molecule has 0 bridgehead atoms. The van der Waals surface area contributed by atoms with Crippen LogP contribution in [0.1, 0.15) is 24.3 Å². The van der Waals surface area contributed by atoms with Crippen LogP contribution in [0.15, 0.2) is 41.1 Å². The molecule has 1 N–H and O–H groups in total. The lowest BCUT2D eigenvalue weighted by molar-refractivity contribution is 0.460. The number of aromatic nitrogens is 2. The van der Waals surface area contributed by atoms with Gasteiger partial charge in [0, 0.05) is 10.7 Å². The number of hydrogen-bond acceptors (Lipinski definition) is 2. The first kappa shape index (κ1) is 11.9. The first-order valence-electron chi connectivity index (χ1n) is 6.34. The Bertz CT molecular complexity index is 529. The average molecular weight is 306 g/mol. The minimum atomic E-state index is 0.659. The summed E-state index contributed by atoms with van der Waals surface area (Å²) >= 11 is 3.49. The van der Waals surface area contributed by atoms with E-state index in [9.17, 15) is 0 Å². The van der Waals surface area contributed by atoms with Crippen LogP contribution in [0.2, 0.25) is 0 Å². The van der Waals surface area contributed by atoms with E-state index in [1.54, 1.807) is 0 Å². The molecule has 0 aliphatic carbocycles. The normalized spacial score (nSPS) is 16.9. The summed E-state index contributed by atoms with van der Waals surface area (Å²) in [5.41, 5.74) is 2.46. The molecule has 0 unspecified atom stereocenters. The SMILES string of the molecule is Brc1cccc(-n2cc(C3CCNCC3)cn2)c1. The Balaban J connectivity index is 1.84. The Labute approximate surface area is 115 Å². The molecule has 3 rings (SSSR count). The van der Waals surface area contributed by atoms with E-state index in [0.29, 0.717) is 5.92 Å². The van der Waals surface area contributed by atoms with Crippen LogP contribution < -0.4 is 5.32 Å². The number of halogens is 1. The fourth-order valence-electron chi connectivity index (χ4n) is 2.46. The van der Waals surface area contributed by atoms with Crippen molar-refractivity contribution >= 4 is 15.9 Å². The van der Waals surface area contributed by atoms with Crippen molar-refractivity contribution in [2.24, 2.45) is 0 Å². The van der Waals surface area contributed by atoms with E-state index < -0.39 is 0 Å². The number of hydrogen-bond donors (Lipinski definition) is 1. The highest BCUT2D eigenvalue weighted by Crippen LogP contribution is 2.25. The fraction of sp³-hybridized carbons (Fsp3) is 0.357. The fourth-order valence-corrected chi connectivity index (χ4v) is 2.85. The van der Waals surface area contributed by atoms with Gasteiger partial charge in [0.05, 0.1) is 11.9 Å². The molecule has 18 heavy (non-hydrogen) atoms. The van der Waals surface area contributed by atoms with Gasteiger partial charge in [0.1, 0.15) is 0 Å². The lowest BCUT2D eigenvalue weighted by Crippen LogP contribution is -2.26. The maximum atomic E-state index is 4.48. The summed E-state index contributed by atoms with van der Waals surface area (Å²) in [5.74, 6) is 0.659. The molecule has 3 nitrogen and oxygen atoms in total. The Hall–Kier alpha value is -1.13. The molecular weight excluding hydrogens is 290 g/mol. The topological polar surface area (TPSA) is 29.9 Å². The van der Waals surface area contributed by atoms with Crippen molar-refractivity contribution in [3.63, 3.8) is 0 Å². The molecule has 0 atom stereocenters. The minimum Gasteiger partial charge on any atom is -0.317 e. The van der Waals surface area contributed by atoms with Crippen molar-refractivity contribution in [3.05, 3.63) is 46.7 Å².